The van der Waals surface area contributed by atoms with Gasteiger partial charge in [-0.2, -0.15) is 4.31 Å². The average molecular weight is 340 g/mol. The SMILES string of the molecule is C[C@@H]1C[C@H]1c1ccc(CCC(=O)N2CCN(S(C)(=O)=O)CC2)o1. The van der Waals surface area contributed by atoms with E-state index in [-0.39, 0.29) is 5.91 Å². The number of sulfonamides is 1. The molecule has 0 N–H and O–H groups in total. The van der Waals surface area contributed by atoms with Gasteiger partial charge in [-0.25, -0.2) is 8.42 Å². The Morgan fingerprint density at radius 1 is 1.26 bits per heavy atom. The second kappa shape index (κ2) is 6.28. The smallest absolute Gasteiger partial charge is 0.223 e. The molecule has 0 radical (unpaired) electrons. The van der Waals surface area contributed by atoms with Crippen molar-refractivity contribution in [2.45, 2.75) is 32.1 Å². The summed E-state index contributed by atoms with van der Waals surface area (Å²) in [6, 6.07) is 3.99. The Morgan fingerprint density at radius 2 is 1.91 bits per heavy atom. The lowest BCUT2D eigenvalue weighted by atomic mass is 10.2. The van der Waals surface area contributed by atoms with Crippen molar-refractivity contribution in [3.8, 4) is 0 Å². The first-order valence-electron chi connectivity index (χ1n) is 8.16. The Balaban J connectivity index is 1.46. The topological polar surface area (TPSA) is 70.8 Å². The van der Waals surface area contributed by atoms with Crippen molar-refractivity contribution in [1.29, 1.82) is 0 Å². The summed E-state index contributed by atoms with van der Waals surface area (Å²) in [6.45, 7) is 3.92. The first-order chi connectivity index (χ1) is 10.8. The lowest BCUT2D eigenvalue weighted by molar-refractivity contribution is -0.132. The molecule has 1 aliphatic carbocycles. The Morgan fingerprint density at radius 3 is 2.48 bits per heavy atom. The van der Waals surface area contributed by atoms with Gasteiger partial charge in [0, 0.05) is 44.9 Å². The van der Waals surface area contributed by atoms with Crippen LogP contribution < -0.4 is 0 Å². The van der Waals surface area contributed by atoms with Crippen LogP contribution in [0.1, 0.15) is 37.2 Å². The van der Waals surface area contributed by atoms with Gasteiger partial charge >= 0.3 is 0 Å². The van der Waals surface area contributed by atoms with Crippen LogP contribution in [-0.4, -0.2) is 56.0 Å². The zero-order valence-electron chi connectivity index (χ0n) is 13.7. The van der Waals surface area contributed by atoms with Crippen LogP contribution in [0.2, 0.25) is 0 Å². The summed E-state index contributed by atoms with van der Waals surface area (Å²) in [7, 11) is -3.15. The van der Waals surface area contributed by atoms with Crippen LogP contribution in [0.4, 0.5) is 0 Å². The molecule has 2 atom stereocenters. The fourth-order valence-electron chi connectivity index (χ4n) is 3.10. The molecule has 0 aromatic carbocycles. The predicted octanol–water partition coefficient (Wildman–Crippen LogP) is 1.44. The van der Waals surface area contributed by atoms with Crippen LogP contribution >= 0.6 is 0 Å². The van der Waals surface area contributed by atoms with Crippen molar-refractivity contribution in [2.75, 3.05) is 32.4 Å². The molecule has 0 spiro atoms. The van der Waals surface area contributed by atoms with E-state index in [1.807, 2.05) is 12.1 Å². The van der Waals surface area contributed by atoms with E-state index in [0.29, 0.717) is 50.9 Å². The van der Waals surface area contributed by atoms with Gasteiger partial charge < -0.3 is 9.32 Å². The van der Waals surface area contributed by atoms with E-state index in [2.05, 4.69) is 6.92 Å². The molecule has 1 aromatic rings. The molecule has 2 aliphatic rings. The number of hydrogen-bond donors (Lipinski definition) is 0. The maximum absolute atomic E-state index is 12.2. The maximum Gasteiger partial charge on any atom is 0.223 e. The molecule has 2 heterocycles. The van der Waals surface area contributed by atoms with E-state index < -0.39 is 10.0 Å². The number of carbonyl (C=O) groups excluding carboxylic acids is 1. The fourth-order valence-corrected chi connectivity index (χ4v) is 3.93. The van der Waals surface area contributed by atoms with Crippen LogP contribution in [0.5, 0.6) is 0 Å². The standard InChI is InChI=1S/C16H24N2O4S/c1-12-11-14(12)15-5-3-13(22-15)4-6-16(19)17-7-9-18(10-8-17)23(2,20)21/h3,5,12,14H,4,6-11H2,1-2H3/t12-,14-/m1/s1. The molecule has 23 heavy (non-hydrogen) atoms. The van der Waals surface area contributed by atoms with Crippen molar-refractivity contribution < 1.29 is 17.6 Å². The highest BCUT2D eigenvalue weighted by atomic mass is 32.2. The number of aryl methyl sites for hydroxylation is 1. The summed E-state index contributed by atoms with van der Waals surface area (Å²) < 4.78 is 30.2. The summed E-state index contributed by atoms with van der Waals surface area (Å²) in [5.74, 6) is 3.24. The third kappa shape index (κ3) is 3.95. The van der Waals surface area contributed by atoms with E-state index in [4.69, 9.17) is 4.42 Å². The van der Waals surface area contributed by atoms with Gasteiger partial charge in [-0.3, -0.25) is 4.79 Å². The normalized spacial score (nSPS) is 25.6. The Bertz CT molecular complexity index is 674. The minimum Gasteiger partial charge on any atom is -0.466 e. The Labute approximate surface area is 137 Å². The number of rotatable bonds is 5. The molecule has 1 aromatic heterocycles. The number of piperazine rings is 1. The van der Waals surface area contributed by atoms with Crippen molar-refractivity contribution in [2.24, 2.45) is 5.92 Å². The highest BCUT2D eigenvalue weighted by molar-refractivity contribution is 7.88. The van der Waals surface area contributed by atoms with Crippen molar-refractivity contribution in [3.05, 3.63) is 23.7 Å². The zero-order valence-corrected chi connectivity index (χ0v) is 14.5. The van der Waals surface area contributed by atoms with Gasteiger partial charge in [-0.05, 0) is 24.5 Å². The molecule has 2 fully saturated rings. The Hall–Kier alpha value is -1.34. The summed E-state index contributed by atoms with van der Waals surface area (Å²) >= 11 is 0. The number of amides is 1. The third-order valence-electron chi connectivity index (χ3n) is 4.80. The van der Waals surface area contributed by atoms with Crippen LogP contribution in [0.3, 0.4) is 0 Å². The van der Waals surface area contributed by atoms with Crippen molar-refractivity contribution in [1.82, 2.24) is 9.21 Å². The molecule has 0 unspecified atom stereocenters. The summed E-state index contributed by atoms with van der Waals surface area (Å²) in [5, 5.41) is 0. The number of carbonyl (C=O) groups is 1. The van der Waals surface area contributed by atoms with Crippen LogP contribution in [0.25, 0.3) is 0 Å². The number of furan rings is 1. The molecule has 1 aliphatic heterocycles. The van der Waals surface area contributed by atoms with Gasteiger partial charge in [0.1, 0.15) is 11.5 Å². The van der Waals surface area contributed by atoms with Gasteiger partial charge in [0.25, 0.3) is 0 Å². The molecule has 6 nitrogen and oxygen atoms in total. The van der Waals surface area contributed by atoms with Crippen LogP contribution in [0, 0.1) is 5.92 Å². The van der Waals surface area contributed by atoms with Crippen molar-refractivity contribution >= 4 is 15.9 Å². The van der Waals surface area contributed by atoms with E-state index in [0.717, 1.165) is 11.5 Å². The maximum atomic E-state index is 12.2. The van der Waals surface area contributed by atoms with Gasteiger partial charge in [0.05, 0.1) is 6.26 Å². The molecule has 1 saturated heterocycles. The van der Waals surface area contributed by atoms with E-state index >= 15 is 0 Å². The molecule has 7 heteroatoms. The molecule has 128 valence electrons. The lowest BCUT2D eigenvalue weighted by Crippen LogP contribution is -2.50. The first kappa shape index (κ1) is 16.5. The molecule has 1 amide bonds. The van der Waals surface area contributed by atoms with Crippen LogP contribution in [0.15, 0.2) is 16.5 Å². The second-order valence-corrected chi connectivity index (χ2v) is 8.65. The van der Waals surface area contributed by atoms with Crippen LogP contribution in [-0.2, 0) is 21.2 Å². The fraction of sp³-hybridized carbons (Fsp3) is 0.688. The molecule has 3 rings (SSSR count). The lowest BCUT2D eigenvalue weighted by Gasteiger charge is -2.33. The monoisotopic (exact) mass is 340 g/mol. The number of hydrogen-bond acceptors (Lipinski definition) is 4. The molecular weight excluding hydrogens is 316 g/mol. The molecular formula is C16H24N2O4S. The second-order valence-electron chi connectivity index (χ2n) is 6.67. The van der Waals surface area contributed by atoms with Gasteiger partial charge in [-0.1, -0.05) is 6.92 Å². The number of nitrogens with zero attached hydrogens (tertiary/aromatic N) is 2. The molecule has 1 saturated carbocycles. The van der Waals surface area contributed by atoms with E-state index in [1.165, 1.54) is 17.0 Å². The predicted molar refractivity (Wildman–Crippen MR) is 86.5 cm³/mol. The summed E-state index contributed by atoms with van der Waals surface area (Å²) in [5.41, 5.74) is 0. The summed E-state index contributed by atoms with van der Waals surface area (Å²) in [6.07, 6.45) is 3.41. The van der Waals surface area contributed by atoms with Gasteiger partial charge in [-0.15, -0.1) is 0 Å². The molecule has 0 bridgehead atoms. The quantitative estimate of drug-likeness (QED) is 0.813. The zero-order chi connectivity index (χ0) is 16.6. The first-order valence-corrected chi connectivity index (χ1v) is 10.0. The van der Waals surface area contributed by atoms with E-state index in [1.54, 1.807) is 4.90 Å². The minimum absolute atomic E-state index is 0.0656. The largest absolute Gasteiger partial charge is 0.466 e. The highest BCUT2D eigenvalue weighted by Gasteiger charge is 2.36. The third-order valence-corrected chi connectivity index (χ3v) is 6.11. The highest BCUT2D eigenvalue weighted by Crippen LogP contribution is 2.47. The minimum atomic E-state index is -3.15. The average Bonchev–Trinajstić information content (AvgIpc) is 3.06. The summed E-state index contributed by atoms with van der Waals surface area (Å²) in [4.78, 5) is 14.0. The van der Waals surface area contributed by atoms with Crippen molar-refractivity contribution in [3.63, 3.8) is 0 Å². The van der Waals surface area contributed by atoms with E-state index in [9.17, 15) is 13.2 Å². The van der Waals surface area contributed by atoms with Gasteiger partial charge in [0.15, 0.2) is 0 Å². The van der Waals surface area contributed by atoms with Gasteiger partial charge in [0.2, 0.25) is 15.9 Å². The Kier molecular flexibility index (Phi) is 4.51.